The highest BCUT2D eigenvalue weighted by molar-refractivity contribution is 4.84. The van der Waals surface area contributed by atoms with Crippen LogP contribution in [0.25, 0.3) is 0 Å². The average molecular weight is 157 g/mol. The number of hydrogen-bond acceptors (Lipinski definition) is 2. The van der Waals surface area contributed by atoms with Crippen LogP contribution in [0.1, 0.15) is 26.7 Å². The monoisotopic (exact) mass is 157 g/mol. The maximum absolute atomic E-state index is 9.72. The number of aliphatic hydroxyl groups is 1. The highest BCUT2D eigenvalue weighted by Gasteiger charge is 2.34. The van der Waals surface area contributed by atoms with E-state index in [1.165, 1.54) is 12.8 Å². The number of hydrogen-bond donors (Lipinski definition) is 2. The second kappa shape index (κ2) is 3.55. The van der Waals surface area contributed by atoms with Crippen molar-refractivity contribution in [3.05, 3.63) is 0 Å². The highest BCUT2D eigenvalue weighted by atomic mass is 16.3. The molecule has 2 heteroatoms. The Morgan fingerprint density at radius 3 is 2.36 bits per heavy atom. The summed E-state index contributed by atoms with van der Waals surface area (Å²) in [6.07, 6.45) is 2.41. The van der Waals surface area contributed by atoms with Crippen LogP contribution in [0, 0.1) is 17.8 Å². The van der Waals surface area contributed by atoms with E-state index in [1.54, 1.807) is 0 Å². The van der Waals surface area contributed by atoms with Gasteiger partial charge in [0, 0.05) is 0 Å². The zero-order chi connectivity index (χ0) is 8.43. The zero-order valence-electron chi connectivity index (χ0n) is 7.46. The molecular weight excluding hydrogens is 138 g/mol. The first-order valence-electron chi connectivity index (χ1n) is 4.55. The van der Waals surface area contributed by atoms with Gasteiger partial charge in [0.2, 0.25) is 0 Å². The quantitative estimate of drug-likeness (QED) is 0.639. The fraction of sp³-hybridized carbons (Fsp3) is 1.00. The van der Waals surface area contributed by atoms with Crippen LogP contribution in [0.3, 0.4) is 0 Å². The van der Waals surface area contributed by atoms with Crippen molar-refractivity contribution in [2.24, 2.45) is 23.5 Å². The van der Waals surface area contributed by atoms with Gasteiger partial charge in [-0.05, 0) is 37.1 Å². The standard InChI is InChI=1S/C9H19NO/c1-6(5-10)9(11)7(2)8-3-4-8/h6-9,11H,3-5,10H2,1-2H3. The van der Waals surface area contributed by atoms with Crippen molar-refractivity contribution in [2.75, 3.05) is 6.54 Å². The molecule has 1 rings (SSSR count). The lowest BCUT2D eigenvalue weighted by atomic mass is 9.90. The Labute approximate surface area is 68.8 Å². The lowest BCUT2D eigenvalue weighted by Gasteiger charge is -2.23. The fourth-order valence-corrected chi connectivity index (χ4v) is 1.56. The molecule has 0 radical (unpaired) electrons. The molecule has 0 aromatic rings. The van der Waals surface area contributed by atoms with Gasteiger partial charge in [-0.2, -0.15) is 0 Å². The van der Waals surface area contributed by atoms with E-state index in [1.807, 2.05) is 6.92 Å². The Morgan fingerprint density at radius 2 is 2.00 bits per heavy atom. The molecule has 3 unspecified atom stereocenters. The summed E-state index contributed by atoms with van der Waals surface area (Å²) in [7, 11) is 0. The topological polar surface area (TPSA) is 46.2 Å². The minimum absolute atomic E-state index is 0.188. The second-order valence-electron chi connectivity index (χ2n) is 3.90. The third-order valence-electron chi connectivity index (χ3n) is 2.86. The fourth-order valence-electron chi connectivity index (χ4n) is 1.56. The summed E-state index contributed by atoms with van der Waals surface area (Å²) >= 11 is 0. The van der Waals surface area contributed by atoms with Crippen LogP contribution in [0.2, 0.25) is 0 Å². The first kappa shape index (κ1) is 9.01. The molecular formula is C9H19NO. The lowest BCUT2D eigenvalue weighted by molar-refractivity contribution is 0.0588. The summed E-state index contributed by atoms with van der Waals surface area (Å²) in [5.74, 6) is 1.48. The van der Waals surface area contributed by atoms with E-state index in [9.17, 15) is 5.11 Å². The minimum atomic E-state index is -0.188. The Morgan fingerprint density at radius 1 is 1.45 bits per heavy atom. The van der Waals surface area contributed by atoms with Gasteiger partial charge in [0.15, 0.2) is 0 Å². The van der Waals surface area contributed by atoms with Crippen molar-refractivity contribution in [1.29, 1.82) is 0 Å². The molecule has 0 bridgehead atoms. The lowest BCUT2D eigenvalue weighted by Crippen LogP contribution is -2.31. The number of rotatable bonds is 4. The molecule has 1 fully saturated rings. The second-order valence-corrected chi connectivity index (χ2v) is 3.90. The van der Waals surface area contributed by atoms with Crippen molar-refractivity contribution >= 4 is 0 Å². The molecule has 0 amide bonds. The first-order chi connectivity index (χ1) is 5.16. The van der Waals surface area contributed by atoms with Gasteiger partial charge in [0.25, 0.3) is 0 Å². The molecule has 3 atom stereocenters. The Balaban J connectivity index is 2.31. The van der Waals surface area contributed by atoms with Crippen molar-refractivity contribution in [2.45, 2.75) is 32.8 Å². The van der Waals surface area contributed by atoms with Gasteiger partial charge in [0.1, 0.15) is 0 Å². The van der Waals surface area contributed by atoms with E-state index in [0.717, 1.165) is 5.92 Å². The molecule has 0 spiro atoms. The van der Waals surface area contributed by atoms with Crippen LogP contribution >= 0.6 is 0 Å². The van der Waals surface area contributed by atoms with Crippen LogP contribution in [0.15, 0.2) is 0 Å². The van der Waals surface area contributed by atoms with E-state index in [2.05, 4.69) is 6.92 Å². The molecule has 0 aromatic carbocycles. The molecule has 1 aliphatic rings. The third kappa shape index (κ3) is 2.17. The summed E-state index contributed by atoms with van der Waals surface area (Å²) in [6.45, 7) is 4.75. The van der Waals surface area contributed by atoms with Crippen molar-refractivity contribution < 1.29 is 5.11 Å². The Hall–Kier alpha value is -0.0800. The summed E-state index contributed by atoms with van der Waals surface area (Å²) < 4.78 is 0. The van der Waals surface area contributed by atoms with E-state index in [0.29, 0.717) is 12.5 Å². The Kier molecular flexibility index (Phi) is 2.90. The predicted molar refractivity (Wildman–Crippen MR) is 46.1 cm³/mol. The SMILES string of the molecule is CC(CN)C(O)C(C)C1CC1. The van der Waals surface area contributed by atoms with Gasteiger partial charge in [0.05, 0.1) is 6.10 Å². The van der Waals surface area contributed by atoms with E-state index in [4.69, 9.17) is 5.73 Å². The normalized spacial score (nSPS) is 26.2. The number of aliphatic hydroxyl groups excluding tert-OH is 1. The van der Waals surface area contributed by atoms with Gasteiger partial charge in [-0.3, -0.25) is 0 Å². The van der Waals surface area contributed by atoms with Gasteiger partial charge in [-0.25, -0.2) is 0 Å². The third-order valence-corrected chi connectivity index (χ3v) is 2.86. The summed E-state index contributed by atoms with van der Waals surface area (Å²) in [5.41, 5.74) is 5.47. The average Bonchev–Trinajstić information content (AvgIpc) is 2.82. The largest absolute Gasteiger partial charge is 0.393 e. The van der Waals surface area contributed by atoms with Gasteiger partial charge < -0.3 is 10.8 Å². The maximum atomic E-state index is 9.72. The smallest absolute Gasteiger partial charge is 0.0605 e. The predicted octanol–water partition coefficient (Wildman–Crippen LogP) is 0.988. The van der Waals surface area contributed by atoms with Crippen LogP contribution in [0.5, 0.6) is 0 Å². The van der Waals surface area contributed by atoms with Gasteiger partial charge >= 0.3 is 0 Å². The summed E-state index contributed by atoms with van der Waals surface area (Å²) in [6, 6.07) is 0. The van der Waals surface area contributed by atoms with Crippen LogP contribution in [-0.4, -0.2) is 17.8 Å². The van der Waals surface area contributed by atoms with Crippen molar-refractivity contribution in [3.8, 4) is 0 Å². The van der Waals surface area contributed by atoms with E-state index < -0.39 is 0 Å². The molecule has 66 valence electrons. The molecule has 0 saturated heterocycles. The molecule has 3 N–H and O–H groups in total. The Bertz CT molecular complexity index is 123. The van der Waals surface area contributed by atoms with Crippen LogP contribution in [0.4, 0.5) is 0 Å². The molecule has 2 nitrogen and oxygen atoms in total. The first-order valence-corrected chi connectivity index (χ1v) is 4.55. The van der Waals surface area contributed by atoms with E-state index in [-0.39, 0.29) is 12.0 Å². The van der Waals surface area contributed by atoms with Crippen LogP contribution in [-0.2, 0) is 0 Å². The van der Waals surface area contributed by atoms with Crippen LogP contribution < -0.4 is 5.73 Å². The maximum Gasteiger partial charge on any atom is 0.0605 e. The van der Waals surface area contributed by atoms with E-state index >= 15 is 0 Å². The minimum Gasteiger partial charge on any atom is -0.393 e. The highest BCUT2D eigenvalue weighted by Crippen LogP contribution is 2.39. The van der Waals surface area contributed by atoms with Gasteiger partial charge in [-0.1, -0.05) is 13.8 Å². The van der Waals surface area contributed by atoms with Crippen molar-refractivity contribution in [1.82, 2.24) is 0 Å². The molecule has 0 heterocycles. The van der Waals surface area contributed by atoms with Gasteiger partial charge in [-0.15, -0.1) is 0 Å². The molecule has 0 aliphatic heterocycles. The summed E-state index contributed by atoms with van der Waals surface area (Å²) in [5, 5.41) is 9.72. The number of nitrogens with two attached hydrogens (primary N) is 1. The molecule has 1 aliphatic carbocycles. The molecule has 11 heavy (non-hydrogen) atoms. The van der Waals surface area contributed by atoms with Crippen molar-refractivity contribution in [3.63, 3.8) is 0 Å². The summed E-state index contributed by atoms with van der Waals surface area (Å²) in [4.78, 5) is 0. The molecule has 1 saturated carbocycles. The zero-order valence-corrected chi connectivity index (χ0v) is 7.46. The molecule has 0 aromatic heterocycles.